The predicted molar refractivity (Wildman–Crippen MR) is 49.2 cm³/mol. The molecule has 0 aromatic rings. The van der Waals surface area contributed by atoms with Gasteiger partial charge in [-0.2, -0.15) is 0 Å². The van der Waals surface area contributed by atoms with Gasteiger partial charge in [0.2, 0.25) is 0 Å². The molecule has 2 aliphatic heterocycles. The van der Waals surface area contributed by atoms with Crippen LogP contribution in [0.15, 0.2) is 0 Å². The van der Waals surface area contributed by atoms with Crippen molar-refractivity contribution in [1.82, 2.24) is 4.90 Å². The molecule has 2 aliphatic rings. The summed E-state index contributed by atoms with van der Waals surface area (Å²) >= 11 is 0. The Bertz CT molecular complexity index is 153. The van der Waals surface area contributed by atoms with Gasteiger partial charge < -0.3 is 4.74 Å². The molecule has 0 aliphatic carbocycles. The van der Waals surface area contributed by atoms with Gasteiger partial charge in [-0.3, -0.25) is 4.90 Å². The van der Waals surface area contributed by atoms with Crippen molar-refractivity contribution in [2.75, 3.05) is 19.7 Å². The van der Waals surface area contributed by atoms with Crippen LogP contribution < -0.4 is 0 Å². The molecule has 0 amide bonds. The largest absolute Gasteiger partial charge is 0.372 e. The molecule has 2 saturated heterocycles. The molecule has 2 nitrogen and oxygen atoms in total. The Hall–Kier alpha value is -0.0800. The molecule has 0 saturated carbocycles. The maximum Gasteiger partial charge on any atom is 0.0935 e. The van der Waals surface area contributed by atoms with E-state index < -0.39 is 0 Å². The third-order valence-corrected chi connectivity index (χ3v) is 3.15. The van der Waals surface area contributed by atoms with Crippen molar-refractivity contribution < 1.29 is 4.74 Å². The van der Waals surface area contributed by atoms with Gasteiger partial charge >= 0.3 is 0 Å². The van der Waals surface area contributed by atoms with E-state index in [1.165, 1.54) is 32.4 Å². The molecule has 0 atom stereocenters. The third-order valence-electron chi connectivity index (χ3n) is 3.15. The van der Waals surface area contributed by atoms with E-state index in [0.717, 1.165) is 6.61 Å². The van der Waals surface area contributed by atoms with Crippen LogP contribution in [0.3, 0.4) is 0 Å². The number of rotatable bonds is 1. The smallest absolute Gasteiger partial charge is 0.0935 e. The van der Waals surface area contributed by atoms with Crippen LogP contribution in [-0.4, -0.2) is 36.2 Å². The Morgan fingerprint density at radius 3 is 2.50 bits per heavy atom. The highest BCUT2D eigenvalue weighted by Gasteiger charge is 2.45. The van der Waals surface area contributed by atoms with Crippen molar-refractivity contribution in [3.05, 3.63) is 0 Å². The molecule has 2 heterocycles. The molecule has 2 heteroatoms. The minimum atomic E-state index is 0.280. The maximum absolute atomic E-state index is 5.84. The molecule has 0 radical (unpaired) electrons. The lowest BCUT2D eigenvalue weighted by atomic mass is 9.85. The predicted octanol–water partition coefficient (Wildman–Crippen LogP) is 1.65. The second-order valence-corrected chi connectivity index (χ2v) is 4.49. The van der Waals surface area contributed by atoms with E-state index >= 15 is 0 Å². The summed E-state index contributed by atoms with van der Waals surface area (Å²) in [4.78, 5) is 2.49. The summed E-state index contributed by atoms with van der Waals surface area (Å²) in [6.07, 6.45) is 3.92. The molecule has 2 fully saturated rings. The second-order valence-electron chi connectivity index (χ2n) is 4.49. The first-order valence-corrected chi connectivity index (χ1v) is 5.10. The van der Waals surface area contributed by atoms with Crippen LogP contribution in [0.25, 0.3) is 0 Å². The maximum atomic E-state index is 5.84. The van der Waals surface area contributed by atoms with E-state index in [1.807, 2.05) is 0 Å². The van der Waals surface area contributed by atoms with Crippen molar-refractivity contribution >= 4 is 0 Å². The van der Waals surface area contributed by atoms with E-state index in [-0.39, 0.29) is 5.60 Å². The zero-order valence-electron chi connectivity index (χ0n) is 8.18. The van der Waals surface area contributed by atoms with Crippen LogP contribution in [0.5, 0.6) is 0 Å². The minimum Gasteiger partial charge on any atom is -0.372 e. The van der Waals surface area contributed by atoms with Gasteiger partial charge in [0, 0.05) is 25.7 Å². The minimum absolute atomic E-state index is 0.280. The molecule has 2 rings (SSSR count). The summed E-state index contributed by atoms with van der Waals surface area (Å²) in [6, 6.07) is 0.696. The van der Waals surface area contributed by atoms with Crippen LogP contribution in [-0.2, 0) is 4.74 Å². The van der Waals surface area contributed by atoms with Crippen molar-refractivity contribution in [1.29, 1.82) is 0 Å². The second kappa shape index (κ2) is 3.00. The van der Waals surface area contributed by atoms with Gasteiger partial charge in [-0.05, 0) is 33.1 Å². The molecule has 70 valence electrons. The zero-order chi connectivity index (χ0) is 8.60. The number of ether oxygens (including phenoxy) is 1. The summed E-state index contributed by atoms with van der Waals surface area (Å²) in [6.45, 7) is 7.85. The summed E-state index contributed by atoms with van der Waals surface area (Å²) in [5, 5.41) is 0. The van der Waals surface area contributed by atoms with Crippen molar-refractivity contribution in [3.8, 4) is 0 Å². The van der Waals surface area contributed by atoms with Crippen molar-refractivity contribution in [3.63, 3.8) is 0 Å². The lowest BCUT2D eigenvalue weighted by Gasteiger charge is -2.53. The molecule has 0 N–H and O–H groups in total. The highest BCUT2D eigenvalue weighted by molar-refractivity contribution is 4.99. The van der Waals surface area contributed by atoms with E-state index in [0.29, 0.717) is 6.04 Å². The Labute approximate surface area is 74.9 Å². The first-order valence-electron chi connectivity index (χ1n) is 5.10. The molecule has 12 heavy (non-hydrogen) atoms. The fourth-order valence-corrected chi connectivity index (χ4v) is 2.22. The number of hydrogen-bond donors (Lipinski definition) is 0. The number of hydrogen-bond acceptors (Lipinski definition) is 2. The van der Waals surface area contributed by atoms with Gasteiger partial charge in [-0.1, -0.05) is 0 Å². The first kappa shape index (κ1) is 8.52. The van der Waals surface area contributed by atoms with Gasteiger partial charge in [-0.25, -0.2) is 0 Å². The highest BCUT2D eigenvalue weighted by Crippen LogP contribution is 2.34. The Balaban J connectivity index is 1.84. The number of likely N-dealkylation sites (tertiary alicyclic amines) is 1. The summed E-state index contributed by atoms with van der Waals surface area (Å²) < 4.78 is 5.84. The van der Waals surface area contributed by atoms with Crippen molar-refractivity contribution in [2.24, 2.45) is 0 Å². The van der Waals surface area contributed by atoms with E-state index in [9.17, 15) is 0 Å². The standard InChI is InChI=1S/C10H19NO/c1-9(2)11-7-10(8-11)5-3-4-6-12-10/h9H,3-8H2,1-2H3. The quantitative estimate of drug-likeness (QED) is 0.592. The number of nitrogens with zero attached hydrogens (tertiary/aromatic N) is 1. The molecule has 1 spiro atoms. The summed E-state index contributed by atoms with van der Waals surface area (Å²) in [7, 11) is 0. The first-order chi connectivity index (χ1) is 5.72. The molecular formula is C10H19NO. The summed E-state index contributed by atoms with van der Waals surface area (Å²) in [5.41, 5.74) is 0.280. The average Bonchev–Trinajstić information content (AvgIpc) is 2.01. The Morgan fingerprint density at radius 1 is 1.25 bits per heavy atom. The fourth-order valence-electron chi connectivity index (χ4n) is 2.22. The SMILES string of the molecule is CC(C)N1CC2(CCCCO2)C1. The Morgan fingerprint density at radius 2 is 2.00 bits per heavy atom. The van der Waals surface area contributed by atoms with Crippen LogP contribution in [0.4, 0.5) is 0 Å². The van der Waals surface area contributed by atoms with Crippen LogP contribution in [0.1, 0.15) is 33.1 Å². The fraction of sp³-hybridized carbons (Fsp3) is 1.00. The average molecular weight is 169 g/mol. The zero-order valence-corrected chi connectivity index (χ0v) is 8.18. The lowest BCUT2D eigenvalue weighted by Crippen LogP contribution is -2.65. The molecule has 0 aromatic heterocycles. The molecular weight excluding hydrogens is 150 g/mol. The van der Waals surface area contributed by atoms with Gasteiger partial charge in [0.1, 0.15) is 0 Å². The monoisotopic (exact) mass is 169 g/mol. The van der Waals surface area contributed by atoms with Gasteiger partial charge in [0.25, 0.3) is 0 Å². The van der Waals surface area contributed by atoms with Gasteiger partial charge in [0.15, 0.2) is 0 Å². The lowest BCUT2D eigenvalue weighted by molar-refractivity contribution is -0.173. The normalized spacial score (nSPS) is 29.2. The molecule has 0 bridgehead atoms. The van der Waals surface area contributed by atoms with Gasteiger partial charge in [0.05, 0.1) is 5.60 Å². The topological polar surface area (TPSA) is 12.5 Å². The van der Waals surface area contributed by atoms with Crippen LogP contribution in [0, 0.1) is 0 Å². The van der Waals surface area contributed by atoms with E-state index in [2.05, 4.69) is 18.7 Å². The van der Waals surface area contributed by atoms with Crippen LogP contribution in [0.2, 0.25) is 0 Å². The molecule has 0 unspecified atom stereocenters. The summed E-state index contributed by atoms with van der Waals surface area (Å²) in [5.74, 6) is 0. The van der Waals surface area contributed by atoms with E-state index in [1.54, 1.807) is 0 Å². The van der Waals surface area contributed by atoms with Crippen molar-refractivity contribution in [2.45, 2.75) is 44.8 Å². The van der Waals surface area contributed by atoms with Crippen LogP contribution >= 0.6 is 0 Å². The van der Waals surface area contributed by atoms with E-state index in [4.69, 9.17) is 4.74 Å². The van der Waals surface area contributed by atoms with Gasteiger partial charge in [-0.15, -0.1) is 0 Å². The third kappa shape index (κ3) is 1.38. The Kier molecular flexibility index (Phi) is 2.13. The molecule has 0 aromatic carbocycles. The highest BCUT2D eigenvalue weighted by atomic mass is 16.5.